The maximum atomic E-state index is 14.0. The molecule has 194 valence electrons. The van der Waals surface area contributed by atoms with Crippen molar-refractivity contribution in [2.75, 3.05) is 14.2 Å². The van der Waals surface area contributed by atoms with E-state index in [1.807, 2.05) is 37.3 Å². The summed E-state index contributed by atoms with van der Waals surface area (Å²) in [6.07, 6.45) is 3.76. The largest absolute Gasteiger partial charge is 0.496 e. The van der Waals surface area contributed by atoms with E-state index in [-0.39, 0.29) is 11.1 Å². The minimum absolute atomic E-state index is 0.255. The number of allylic oxidation sites excluding steroid dienone is 2. The molecule has 0 unspecified atom stereocenters. The van der Waals surface area contributed by atoms with Gasteiger partial charge in [0, 0.05) is 39.3 Å². The van der Waals surface area contributed by atoms with Gasteiger partial charge >= 0.3 is 5.97 Å². The van der Waals surface area contributed by atoms with Crippen LogP contribution in [-0.2, 0) is 16.1 Å². The van der Waals surface area contributed by atoms with Crippen LogP contribution < -0.4 is 19.6 Å². The van der Waals surface area contributed by atoms with Gasteiger partial charge in [-0.3, -0.25) is 9.36 Å². The Labute approximate surface area is 228 Å². The van der Waals surface area contributed by atoms with Crippen molar-refractivity contribution >= 4 is 45.9 Å². The molecule has 0 spiro atoms. The highest BCUT2D eigenvalue weighted by Gasteiger charge is 2.35. The van der Waals surface area contributed by atoms with Crippen molar-refractivity contribution in [2.45, 2.75) is 26.4 Å². The summed E-state index contributed by atoms with van der Waals surface area (Å²) in [7, 11) is 2.84. The van der Waals surface area contributed by atoms with Crippen LogP contribution in [0.1, 0.15) is 29.8 Å². The molecule has 38 heavy (non-hydrogen) atoms. The molecule has 0 bridgehead atoms. The molecule has 0 aliphatic carbocycles. The number of nitrogens with zero attached hydrogens (tertiary/aromatic N) is 3. The second-order valence-corrected chi connectivity index (χ2v) is 10.3. The molecule has 1 atom stereocenters. The zero-order valence-corrected chi connectivity index (χ0v) is 23.0. The van der Waals surface area contributed by atoms with E-state index in [0.717, 1.165) is 22.2 Å². The van der Waals surface area contributed by atoms with Gasteiger partial charge in [-0.25, -0.2) is 9.79 Å². The van der Waals surface area contributed by atoms with Crippen molar-refractivity contribution < 1.29 is 14.3 Å². The number of para-hydroxylation sites is 1. The third-order valence-corrected chi connectivity index (χ3v) is 8.00. The van der Waals surface area contributed by atoms with E-state index in [1.54, 1.807) is 25.1 Å². The van der Waals surface area contributed by atoms with E-state index in [2.05, 4.69) is 22.2 Å². The number of benzene rings is 2. The van der Waals surface area contributed by atoms with Crippen LogP contribution >= 0.6 is 22.9 Å². The Morgan fingerprint density at radius 3 is 2.68 bits per heavy atom. The van der Waals surface area contributed by atoms with E-state index in [0.29, 0.717) is 37.9 Å². The Balaban J connectivity index is 1.82. The van der Waals surface area contributed by atoms with Crippen molar-refractivity contribution in [2.24, 2.45) is 4.99 Å². The number of rotatable bonds is 6. The Morgan fingerprint density at radius 2 is 1.97 bits per heavy atom. The van der Waals surface area contributed by atoms with Crippen LogP contribution in [0.2, 0.25) is 5.02 Å². The number of esters is 1. The van der Waals surface area contributed by atoms with Crippen LogP contribution in [0.3, 0.4) is 0 Å². The fraction of sp³-hybridized carbons (Fsp3) is 0.207. The molecule has 0 amide bonds. The first-order valence-electron chi connectivity index (χ1n) is 11.9. The molecule has 5 rings (SSSR count). The van der Waals surface area contributed by atoms with Gasteiger partial charge in [0.2, 0.25) is 0 Å². The zero-order chi connectivity index (χ0) is 27.1. The zero-order valence-electron chi connectivity index (χ0n) is 21.4. The number of carbonyl (C=O) groups is 1. The number of methoxy groups -OCH3 is 2. The average molecular weight is 548 g/mol. The molecule has 0 saturated carbocycles. The second-order valence-electron chi connectivity index (χ2n) is 8.88. The van der Waals surface area contributed by atoms with Crippen LogP contribution in [0.25, 0.3) is 17.0 Å². The van der Waals surface area contributed by atoms with Crippen molar-refractivity contribution in [3.63, 3.8) is 0 Å². The lowest BCUT2D eigenvalue weighted by atomic mass is 9.95. The molecule has 3 heterocycles. The Bertz CT molecular complexity index is 1830. The smallest absolute Gasteiger partial charge is 0.338 e. The predicted octanol–water partition coefficient (Wildman–Crippen LogP) is 4.52. The van der Waals surface area contributed by atoms with E-state index in [1.165, 1.54) is 30.1 Å². The SMILES string of the molecule is C=CCn1c(C)c(/C=c2\sc3n(c2=O)[C@@H](c2cc(Cl)ccc2OC)C(C(=O)OC)=C(C)N=3)c2ccccc21. The monoisotopic (exact) mass is 547 g/mol. The number of hydrogen-bond donors (Lipinski definition) is 0. The average Bonchev–Trinajstić information content (AvgIpc) is 3.36. The van der Waals surface area contributed by atoms with E-state index in [4.69, 9.17) is 21.1 Å². The lowest BCUT2D eigenvalue weighted by Gasteiger charge is -2.25. The van der Waals surface area contributed by atoms with E-state index in [9.17, 15) is 9.59 Å². The van der Waals surface area contributed by atoms with E-state index >= 15 is 0 Å². The van der Waals surface area contributed by atoms with Crippen molar-refractivity contribution in [1.82, 2.24) is 9.13 Å². The molecule has 2 aromatic carbocycles. The summed E-state index contributed by atoms with van der Waals surface area (Å²) in [5, 5.41) is 1.49. The number of thiazole rings is 1. The first-order chi connectivity index (χ1) is 18.3. The summed E-state index contributed by atoms with van der Waals surface area (Å²) in [6.45, 7) is 8.31. The third kappa shape index (κ3) is 4.10. The maximum absolute atomic E-state index is 14.0. The summed E-state index contributed by atoms with van der Waals surface area (Å²) in [5.74, 6) is -0.0793. The summed E-state index contributed by atoms with van der Waals surface area (Å²) in [4.78, 5) is 32.1. The molecule has 0 saturated heterocycles. The number of carbonyl (C=O) groups excluding carboxylic acids is 1. The van der Waals surface area contributed by atoms with Gasteiger partial charge in [-0.05, 0) is 44.2 Å². The van der Waals surface area contributed by atoms with Crippen molar-refractivity contribution in [1.29, 1.82) is 0 Å². The van der Waals surface area contributed by atoms with Gasteiger partial charge in [0.1, 0.15) is 11.8 Å². The predicted molar refractivity (Wildman–Crippen MR) is 151 cm³/mol. The van der Waals surface area contributed by atoms with Gasteiger partial charge in [-0.15, -0.1) is 6.58 Å². The summed E-state index contributed by atoms with van der Waals surface area (Å²) >= 11 is 7.64. The highest BCUT2D eigenvalue weighted by atomic mass is 35.5. The highest BCUT2D eigenvalue weighted by molar-refractivity contribution is 7.07. The number of halogens is 1. The summed E-state index contributed by atoms with van der Waals surface area (Å²) in [6, 6.07) is 12.4. The summed E-state index contributed by atoms with van der Waals surface area (Å²) in [5.41, 5.74) is 4.07. The van der Waals surface area contributed by atoms with Gasteiger partial charge in [0.05, 0.1) is 30.0 Å². The van der Waals surface area contributed by atoms with Crippen LogP contribution in [0.5, 0.6) is 5.75 Å². The lowest BCUT2D eigenvalue weighted by molar-refractivity contribution is -0.136. The topological polar surface area (TPSA) is 74.8 Å². The molecule has 0 radical (unpaired) electrons. The Hall–Kier alpha value is -3.88. The fourth-order valence-electron chi connectivity index (χ4n) is 5.04. The van der Waals surface area contributed by atoms with Crippen LogP contribution in [0, 0.1) is 6.92 Å². The number of hydrogen-bond acceptors (Lipinski definition) is 6. The van der Waals surface area contributed by atoms with Gasteiger partial charge < -0.3 is 14.0 Å². The molecule has 1 aliphatic rings. The van der Waals surface area contributed by atoms with Gasteiger partial charge in [0.15, 0.2) is 4.80 Å². The second kappa shape index (κ2) is 10.1. The standard InChI is InChI=1S/C29H26ClN3O4S/c1-6-13-32-17(3)20(19-9-7-8-10-22(19)32)15-24-27(34)33-26(21-14-18(30)11-12-23(21)36-4)25(28(35)37-5)16(2)31-29(33)38-24/h6-12,14-15,26H,1,13H2,2-5H3/b24-15-/t26-/m0/s1. The lowest BCUT2D eigenvalue weighted by Crippen LogP contribution is -2.40. The molecule has 0 fully saturated rings. The molecule has 7 nitrogen and oxygen atoms in total. The number of ether oxygens (including phenoxy) is 2. The third-order valence-electron chi connectivity index (χ3n) is 6.78. The Kier molecular flexibility index (Phi) is 6.86. The normalized spacial score (nSPS) is 15.4. The number of aromatic nitrogens is 2. The minimum atomic E-state index is -0.822. The molecule has 4 aromatic rings. The molecular formula is C29H26ClN3O4S. The quantitative estimate of drug-likeness (QED) is 0.263. The van der Waals surface area contributed by atoms with Crippen molar-refractivity contribution in [3.8, 4) is 5.75 Å². The van der Waals surface area contributed by atoms with Gasteiger partial charge in [-0.1, -0.05) is 47.2 Å². The van der Waals surface area contributed by atoms with Gasteiger partial charge in [-0.2, -0.15) is 0 Å². The fourth-order valence-corrected chi connectivity index (χ4v) is 6.25. The first-order valence-corrected chi connectivity index (χ1v) is 13.1. The maximum Gasteiger partial charge on any atom is 0.338 e. The van der Waals surface area contributed by atoms with E-state index < -0.39 is 12.0 Å². The molecule has 0 N–H and O–H groups in total. The number of fused-ring (bicyclic) bond motifs is 2. The Morgan fingerprint density at radius 1 is 1.21 bits per heavy atom. The minimum Gasteiger partial charge on any atom is -0.496 e. The van der Waals surface area contributed by atoms with Crippen LogP contribution in [-0.4, -0.2) is 29.3 Å². The van der Waals surface area contributed by atoms with Crippen molar-refractivity contribution in [3.05, 3.63) is 108 Å². The molecule has 2 aromatic heterocycles. The summed E-state index contributed by atoms with van der Waals surface area (Å²) < 4.78 is 14.9. The molecular weight excluding hydrogens is 522 g/mol. The molecule has 1 aliphatic heterocycles. The van der Waals surface area contributed by atoms with Gasteiger partial charge in [0.25, 0.3) is 5.56 Å². The molecule has 9 heteroatoms. The first kappa shape index (κ1) is 25.8. The van der Waals surface area contributed by atoms with Crippen LogP contribution in [0.15, 0.2) is 76.2 Å². The highest BCUT2D eigenvalue weighted by Crippen LogP contribution is 2.37. The van der Waals surface area contributed by atoms with Crippen LogP contribution in [0.4, 0.5) is 0 Å².